The van der Waals surface area contributed by atoms with Crippen LogP contribution in [0.1, 0.15) is 5.01 Å². The molecule has 0 saturated heterocycles. The van der Waals surface area contributed by atoms with E-state index in [-0.39, 0.29) is 31.2 Å². The van der Waals surface area contributed by atoms with Gasteiger partial charge in [0, 0.05) is 0 Å². The Hall–Kier alpha value is -3.02. The van der Waals surface area contributed by atoms with Gasteiger partial charge < -0.3 is 10.6 Å². The first-order chi connectivity index (χ1) is 13.5. The Morgan fingerprint density at radius 2 is 2.00 bits per heavy atom. The zero-order chi connectivity index (χ0) is 20.1. The Morgan fingerprint density at radius 1 is 1.18 bits per heavy atom. The number of rotatable bonds is 6. The Morgan fingerprint density at radius 3 is 2.75 bits per heavy atom. The molecule has 6 nitrogen and oxygen atoms in total. The van der Waals surface area contributed by atoms with Crippen molar-refractivity contribution in [3.05, 3.63) is 52.2 Å². The van der Waals surface area contributed by atoms with Gasteiger partial charge in [0.15, 0.2) is 0 Å². The van der Waals surface area contributed by atoms with E-state index in [9.17, 15) is 14.0 Å². The van der Waals surface area contributed by atoms with Crippen LogP contribution >= 0.6 is 22.9 Å². The Kier molecular flexibility index (Phi) is 6.19. The second-order valence-corrected chi connectivity index (χ2v) is 7.33. The monoisotopic (exact) mass is 416 g/mol. The van der Waals surface area contributed by atoms with E-state index in [1.54, 1.807) is 24.3 Å². The average Bonchev–Trinajstić information content (AvgIpc) is 3.07. The van der Waals surface area contributed by atoms with Crippen LogP contribution < -0.4 is 10.6 Å². The fourth-order valence-electron chi connectivity index (χ4n) is 2.52. The number of nitrogens with one attached hydrogen (secondary N) is 2. The second kappa shape index (κ2) is 8.78. The minimum Gasteiger partial charge on any atom is -0.347 e. The molecule has 0 radical (unpaired) electrons. The fraction of sp³-hybridized carbons (Fsp3) is 0.158. The van der Waals surface area contributed by atoms with E-state index in [1.165, 1.54) is 23.5 Å². The summed E-state index contributed by atoms with van der Waals surface area (Å²) in [7, 11) is 0. The summed E-state index contributed by atoms with van der Waals surface area (Å²) in [5.41, 5.74) is 2.02. The molecular weight excluding hydrogens is 403 g/mol. The van der Waals surface area contributed by atoms with Gasteiger partial charge in [-0.15, -0.1) is 11.3 Å². The molecule has 2 N–H and O–H groups in total. The van der Waals surface area contributed by atoms with Gasteiger partial charge in [0.05, 0.1) is 28.8 Å². The van der Waals surface area contributed by atoms with Gasteiger partial charge in [-0.3, -0.25) is 9.59 Å². The van der Waals surface area contributed by atoms with Crippen LogP contribution in [0.15, 0.2) is 36.4 Å². The molecule has 28 heavy (non-hydrogen) atoms. The van der Waals surface area contributed by atoms with Gasteiger partial charge in [-0.05, 0) is 35.4 Å². The van der Waals surface area contributed by atoms with Crippen LogP contribution in [0.25, 0.3) is 21.3 Å². The predicted octanol–water partition coefficient (Wildman–Crippen LogP) is 3.05. The summed E-state index contributed by atoms with van der Waals surface area (Å²) in [5, 5.41) is 14.2. The third-order valence-corrected chi connectivity index (χ3v) is 5.06. The maximum atomic E-state index is 13.5. The minimum absolute atomic E-state index is 0.00347. The first-order valence-electron chi connectivity index (χ1n) is 8.21. The molecule has 2 aromatic carbocycles. The molecular formula is C19H14ClFN4O2S. The summed E-state index contributed by atoms with van der Waals surface area (Å²) < 4.78 is 14.3. The van der Waals surface area contributed by atoms with Crippen molar-refractivity contribution in [3.8, 4) is 17.2 Å². The SMILES string of the molecule is N#CCNC(=O)CNC(=O)Cc1nc2c(Cl)cc(-c3cccc(F)c3)cc2s1. The highest BCUT2D eigenvalue weighted by atomic mass is 35.5. The number of nitrogens with zero attached hydrogens (tertiary/aromatic N) is 2. The number of hydrogen-bond donors (Lipinski definition) is 2. The lowest BCUT2D eigenvalue weighted by molar-refractivity contribution is -0.125. The largest absolute Gasteiger partial charge is 0.347 e. The first kappa shape index (κ1) is 19.7. The molecule has 3 rings (SSSR count). The quantitative estimate of drug-likeness (QED) is 0.604. The van der Waals surface area contributed by atoms with Crippen LogP contribution in [0, 0.1) is 17.1 Å². The molecule has 0 unspecified atom stereocenters. The van der Waals surface area contributed by atoms with Gasteiger partial charge in [-0.1, -0.05) is 23.7 Å². The molecule has 2 amide bonds. The first-order valence-corrected chi connectivity index (χ1v) is 9.41. The number of benzene rings is 2. The average molecular weight is 417 g/mol. The van der Waals surface area contributed by atoms with Crippen molar-refractivity contribution < 1.29 is 14.0 Å². The van der Waals surface area contributed by atoms with E-state index in [0.717, 1.165) is 10.3 Å². The number of carbonyl (C=O) groups excluding carboxylic acids is 2. The molecule has 0 atom stereocenters. The molecule has 0 aliphatic rings. The number of carbonyl (C=O) groups is 2. The lowest BCUT2D eigenvalue weighted by Gasteiger charge is -2.03. The van der Waals surface area contributed by atoms with Crippen molar-refractivity contribution in [2.45, 2.75) is 6.42 Å². The highest BCUT2D eigenvalue weighted by Gasteiger charge is 2.14. The predicted molar refractivity (Wildman–Crippen MR) is 105 cm³/mol. The minimum atomic E-state index is -0.443. The van der Waals surface area contributed by atoms with Crippen molar-refractivity contribution in [1.82, 2.24) is 15.6 Å². The Labute approximate surface area is 169 Å². The number of halogens is 2. The van der Waals surface area contributed by atoms with Gasteiger partial charge in [0.25, 0.3) is 0 Å². The third kappa shape index (κ3) is 4.82. The number of fused-ring (bicyclic) bond motifs is 1. The van der Waals surface area contributed by atoms with E-state index in [0.29, 0.717) is 21.1 Å². The summed E-state index contributed by atoms with van der Waals surface area (Å²) in [4.78, 5) is 27.8. The van der Waals surface area contributed by atoms with Crippen LogP contribution in [0.3, 0.4) is 0 Å². The number of aromatic nitrogens is 1. The Balaban J connectivity index is 1.73. The zero-order valence-electron chi connectivity index (χ0n) is 14.5. The van der Waals surface area contributed by atoms with Crippen molar-refractivity contribution >= 4 is 45.0 Å². The number of nitriles is 1. The van der Waals surface area contributed by atoms with Crippen molar-refractivity contribution in [2.24, 2.45) is 0 Å². The Bertz CT molecular complexity index is 1090. The van der Waals surface area contributed by atoms with Crippen LogP contribution in [0.5, 0.6) is 0 Å². The van der Waals surface area contributed by atoms with Crippen molar-refractivity contribution in [3.63, 3.8) is 0 Å². The number of thiazole rings is 1. The summed E-state index contributed by atoms with van der Waals surface area (Å²) in [5.74, 6) is -1.15. The van der Waals surface area contributed by atoms with Crippen LogP contribution in [0.4, 0.5) is 4.39 Å². The van der Waals surface area contributed by atoms with Gasteiger partial charge in [0.1, 0.15) is 22.9 Å². The van der Waals surface area contributed by atoms with E-state index in [4.69, 9.17) is 16.9 Å². The van der Waals surface area contributed by atoms with E-state index >= 15 is 0 Å². The molecule has 0 aliphatic carbocycles. The number of amides is 2. The maximum Gasteiger partial charge on any atom is 0.240 e. The van der Waals surface area contributed by atoms with Gasteiger partial charge >= 0.3 is 0 Å². The second-order valence-electron chi connectivity index (χ2n) is 5.81. The fourth-order valence-corrected chi connectivity index (χ4v) is 3.87. The standard InChI is InChI=1S/C19H14ClFN4O2S/c20-14-7-12(11-2-1-3-13(21)6-11)8-15-19(14)25-18(28-15)9-16(26)24-10-17(27)23-5-4-22/h1-3,6-8H,5,9-10H2,(H,23,27)(H,24,26). The normalized spacial score (nSPS) is 10.5. The third-order valence-electron chi connectivity index (χ3n) is 3.77. The van der Waals surface area contributed by atoms with Crippen LogP contribution in [0.2, 0.25) is 5.02 Å². The maximum absolute atomic E-state index is 13.5. The van der Waals surface area contributed by atoms with E-state index in [1.807, 2.05) is 6.07 Å². The van der Waals surface area contributed by atoms with Gasteiger partial charge in [-0.25, -0.2) is 9.37 Å². The molecule has 9 heteroatoms. The molecule has 0 bridgehead atoms. The number of hydrogen-bond acceptors (Lipinski definition) is 5. The highest BCUT2D eigenvalue weighted by molar-refractivity contribution is 7.18. The highest BCUT2D eigenvalue weighted by Crippen LogP contribution is 2.34. The zero-order valence-corrected chi connectivity index (χ0v) is 16.0. The van der Waals surface area contributed by atoms with Gasteiger partial charge in [-0.2, -0.15) is 5.26 Å². The molecule has 0 saturated carbocycles. The van der Waals surface area contributed by atoms with Gasteiger partial charge in [0.2, 0.25) is 11.8 Å². The molecule has 3 aromatic rings. The lowest BCUT2D eigenvalue weighted by Crippen LogP contribution is -2.37. The van der Waals surface area contributed by atoms with Crippen molar-refractivity contribution in [2.75, 3.05) is 13.1 Å². The molecule has 0 fully saturated rings. The van der Waals surface area contributed by atoms with Crippen molar-refractivity contribution in [1.29, 1.82) is 5.26 Å². The summed E-state index contributed by atoms with van der Waals surface area (Å²) >= 11 is 7.63. The van der Waals surface area contributed by atoms with Crippen LogP contribution in [-0.4, -0.2) is 29.9 Å². The lowest BCUT2D eigenvalue weighted by atomic mass is 10.1. The summed E-state index contributed by atoms with van der Waals surface area (Å²) in [6.45, 7) is -0.325. The topological polar surface area (TPSA) is 94.9 Å². The smallest absolute Gasteiger partial charge is 0.240 e. The molecule has 142 valence electrons. The summed E-state index contributed by atoms with van der Waals surface area (Å²) in [6.07, 6.45) is -0.00347. The van der Waals surface area contributed by atoms with E-state index < -0.39 is 5.91 Å². The molecule has 0 spiro atoms. The molecule has 1 heterocycles. The molecule has 1 aromatic heterocycles. The summed E-state index contributed by atoms with van der Waals surface area (Å²) in [6, 6.07) is 11.5. The molecule has 0 aliphatic heterocycles. The van der Waals surface area contributed by atoms with Crippen LogP contribution in [-0.2, 0) is 16.0 Å². The van der Waals surface area contributed by atoms with E-state index in [2.05, 4.69) is 15.6 Å².